The van der Waals surface area contributed by atoms with Crippen molar-refractivity contribution >= 4 is 23.2 Å². The van der Waals surface area contributed by atoms with Crippen molar-refractivity contribution in [3.8, 4) is 0 Å². The maximum Gasteiger partial charge on any atom is 0.266 e. The summed E-state index contributed by atoms with van der Waals surface area (Å²) < 4.78 is 40.8. The number of aromatic nitrogens is 2. The molecule has 0 saturated carbocycles. The first-order chi connectivity index (χ1) is 15.3. The van der Waals surface area contributed by atoms with Crippen molar-refractivity contribution in [2.45, 2.75) is 64.0 Å². The van der Waals surface area contributed by atoms with E-state index in [0.717, 1.165) is 49.6 Å². The number of rotatable bonds is 8. The number of fused-ring (bicyclic) bond motifs is 1. The topological polar surface area (TPSA) is 66.9 Å². The standard InChI is InChI=1S/C23H26ClF3N4O/c1-12(14-3-2-4-15(20(14)25)21(26)27)29-22-16-11-13(5-7-17(16)30-23(24)31-22)6-8-19(32)18-9-10-28-18/h2-4,12-13,18,21,28H,5-11H2,1H3,(H,29,30,31)/t12-,13?,18?/m1/s1. The summed E-state index contributed by atoms with van der Waals surface area (Å²) in [6.45, 7) is 2.60. The Kier molecular flexibility index (Phi) is 7.00. The minimum atomic E-state index is -2.89. The predicted molar refractivity (Wildman–Crippen MR) is 117 cm³/mol. The molecular weight excluding hydrogens is 441 g/mol. The molecule has 2 heterocycles. The van der Waals surface area contributed by atoms with Crippen molar-refractivity contribution in [2.24, 2.45) is 5.92 Å². The SMILES string of the molecule is C[C@@H](Nc1nc(Cl)nc2c1CC(CCC(=O)C1CCN1)CC2)c1cccc(C(F)F)c1F. The molecule has 0 radical (unpaired) electrons. The molecule has 0 amide bonds. The second-order valence-corrected chi connectivity index (χ2v) is 8.93. The summed E-state index contributed by atoms with van der Waals surface area (Å²) in [4.78, 5) is 20.9. The van der Waals surface area contributed by atoms with Gasteiger partial charge in [0.2, 0.25) is 5.28 Å². The van der Waals surface area contributed by atoms with Crippen molar-refractivity contribution in [2.75, 3.05) is 11.9 Å². The number of ketones is 1. The van der Waals surface area contributed by atoms with Crippen LogP contribution >= 0.6 is 11.6 Å². The van der Waals surface area contributed by atoms with Crippen LogP contribution in [0, 0.1) is 11.7 Å². The molecule has 1 fully saturated rings. The number of benzene rings is 1. The highest BCUT2D eigenvalue weighted by molar-refractivity contribution is 6.28. The van der Waals surface area contributed by atoms with E-state index in [1.54, 1.807) is 6.92 Å². The van der Waals surface area contributed by atoms with Gasteiger partial charge in [-0.15, -0.1) is 0 Å². The molecule has 2 aromatic rings. The summed E-state index contributed by atoms with van der Waals surface area (Å²) in [6.07, 6.45) is 1.67. The van der Waals surface area contributed by atoms with Gasteiger partial charge in [0.05, 0.1) is 23.3 Å². The Morgan fingerprint density at radius 2 is 2.03 bits per heavy atom. The highest BCUT2D eigenvalue weighted by Crippen LogP contribution is 2.35. The summed E-state index contributed by atoms with van der Waals surface area (Å²) in [5, 5.41) is 6.39. The summed E-state index contributed by atoms with van der Waals surface area (Å²) in [5.41, 5.74) is 1.25. The summed E-state index contributed by atoms with van der Waals surface area (Å²) in [6, 6.07) is 3.40. The highest BCUT2D eigenvalue weighted by Gasteiger charge is 2.28. The number of hydrogen-bond donors (Lipinski definition) is 2. The zero-order valence-electron chi connectivity index (χ0n) is 17.8. The van der Waals surface area contributed by atoms with E-state index in [1.165, 1.54) is 12.1 Å². The van der Waals surface area contributed by atoms with Gasteiger partial charge in [-0.25, -0.2) is 23.1 Å². The van der Waals surface area contributed by atoms with Crippen LogP contribution in [-0.4, -0.2) is 28.3 Å². The number of Topliss-reactive ketones (excluding diaryl/α,β-unsaturated/α-hetero) is 1. The number of aryl methyl sites for hydroxylation is 1. The van der Waals surface area contributed by atoms with Crippen LogP contribution in [0.2, 0.25) is 5.28 Å². The second-order valence-electron chi connectivity index (χ2n) is 8.59. The molecule has 2 N–H and O–H groups in total. The molecule has 2 unspecified atom stereocenters. The fourth-order valence-corrected chi connectivity index (χ4v) is 4.64. The lowest BCUT2D eigenvalue weighted by atomic mass is 9.82. The molecule has 0 spiro atoms. The molecule has 0 bridgehead atoms. The van der Waals surface area contributed by atoms with E-state index >= 15 is 0 Å². The number of nitrogens with zero attached hydrogens (tertiary/aromatic N) is 2. The Morgan fingerprint density at radius 3 is 2.72 bits per heavy atom. The van der Waals surface area contributed by atoms with Gasteiger partial charge in [-0.3, -0.25) is 4.79 Å². The van der Waals surface area contributed by atoms with Gasteiger partial charge in [0, 0.05) is 17.5 Å². The Balaban J connectivity index is 1.50. The fraction of sp³-hybridized carbons (Fsp3) is 0.522. The Bertz CT molecular complexity index is 999. The molecule has 1 aromatic carbocycles. The third-order valence-electron chi connectivity index (χ3n) is 6.47. The van der Waals surface area contributed by atoms with Crippen molar-refractivity contribution < 1.29 is 18.0 Å². The zero-order valence-corrected chi connectivity index (χ0v) is 18.6. The molecule has 3 atom stereocenters. The van der Waals surface area contributed by atoms with E-state index in [2.05, 4.69) is 20.6 Å². The molecule has 1 aromatic heterocycles. The van der Waals surface area contributed by atoms with Gasteiger partial charge in [0.15, 0.2) is 0 Å². The van der Waals surface area contributed by atoms with Gasteiger partial charge in [-0.2, -0.15) is 0 Å². The van der Waals surface area contributed by atoms with Gasteiger partial charge < -0.3 is 10.6 Å². The van der Waals surface area contributed by atoms with Crippen LogP contribution < -0.4 is 10.6 Å². The molecule has 9 heteroatoms. The van der Waals surface area contributed by atoms with Crippen molar-refractivity contribution in [3.63, 3.8) is 0 Å². The van der Waals surface area contributed by atoms with Gasteiger partial charge >= 0.3 is 0 Å². The summed E-state index contributed by atoms with van der Waals surface area (Å²) in [5.74, 6) is 0.144. The Morgan fingerprint density at radius 1 is 1.28 bits per heavy atom. The minimum Gasteiger partial charge on any atom is -0.363 e. The first-order valence-electron chi connectivity index (χ1n) is 11.0. The lowest BCUT2D eigenvalue weighted by Gasteiger charge is -2.29. The number of hydrogen-bond acceptors (Lipinski definition) is 5. The molecule has 1 aliphatic carbocycles. The van der Waals surface area contributed by atoms with E-state index in [9.17, 15) is 18.0 Å². The number of halogens is 4. The minimum absolute atomic E-state index is 0.00462. The number of anilines is 1. The molecule has 5 nitrogen and oxygen atoms in total. The maximum absolute atomic E-state index is 14.6. The van der Waals surface area contributed by atoms with Crippen molar-refractivity contribution in [1.29, 1.82) is 0 Å². The monoisotopic (exact) mass is 466 g/mol. The highest BCUT2D eigenvalue weighted by atomic mass is 35.5. The Hall–Kier alpha value is -2.19. The summed E-state index contributed by atoms with van der Waals surface area (Å²) >= 11 is 6.12. The van der Waals surface area contributed by atoms with Crippen LogP contribution in [0.1, 0.15) is 67.5 Å². The number of alkyl halides is 2. The zero-order chi connectivity index (χ0) is 22.8. The van der Waals surface area contributed by atoms with E-state index in [1.807, 2.05) is 0 Å². The van der Waals surface area contributed by atoms with Crippen LogP contribution in [0.3, 0.4) is 0 Å². The van der Waals surface area contributed by atoms with Crippen LogP contribution in [0.5, 0.6) is 0 Å². The molecule has 1 saturated heterocycles. The van der Waals surface area contributed by atoms with Crippen molar-refractivity contribution in [1.82, 2.24) is 15.3 Å². The van der Waals surface area contributed by atoms with E-state index in [0.29, 0.717) is 24.6 Å². The number of carbonyl (C=O) groups excluding carboxylic acids is 1. The molecule has 1 aliphatic heterocycles. The lowest BCUT2D eigenvalue weighted by Crippen LogP contribution is -2.48. The largest absolute Gasteiger partial charge is 0.363 e. The molecule has 2 aliphatic rings. The third kappa shape index (κ3) is 4.91. The first kappa shape index (κ1) is 23.0. The normalized spacial score (nSPS) is 21.1. The maximum atomic E-state index is 14.6. The predicted octanol–water partition coefficient (Wildman–Crippen LogP) is 5.20. The molecule has 32 heavy (non-hydrogen) atoms. The molecule has 4 rings (SSSR count). The van der Waals surface area contributed by atoms with Gasteiger partial charge in [-0.1, -0.05) is 18.2 Å². The average molecular weight is 467 g/mol. The molecule has 172 valence electrons. The van der Waals surface area contributed by atoms with Crippen LogP contribution in [0.15, 0.2) is 18.2 Å². The summed E-state index contributed by atoms with van der Waals surface area (Å²) in [7, 11) is 0. The second kappa shape index (κ2) is 9.75. The van der Waals surface area contributed by atoms with Gasteiger partial charge in [0.1, 0.15) is 17.4 Å². The van der Waals surface area contributed by atoms with E-state index in [4.69, 9.17) is 11.6 Å². The fourth-order valence-electron chi connectivity index (χ4n) is 4.46. The smallest absolute Gasteiger partial charge is 0.266 e. The Labute approximate surface area is 190 Å². The first-order valence-corrected chi connectivity index (χ1v) is 11.4. The van der Waals surface area contributed by atoms with E-state index < -0.39 is 23.8 Å². The van der Waals surface area contributed by atoms with Gasteiger partial charge in [-0.05, 0) is 63.1 Å². The van der Waals surface area contributed by atoms with Crippen LogP contribution in [0.4, 0.5) is 19.0 Å². The van der Waals surface area contributed by atoms with Gasteiger partial charge in [0.25, 0.3) is 6.43 Å². The van der Waals surface area contributed by atoms with Crippen molar-refractivity contribution in [3.05, 3.63) is 51.7 Å². The molecular formula is C23H26ClF3N4O. The number of carbonyl (C=O) groups is 1. The van der Waals surface area contributed by atoms with E-state index in [-0.39, 0.29) is 22.7 Å². The lowest BCUT2D eigenvalue weighted by molar-refractivity contribution is -0.122. The number of nitrogens with one attached hydrogen (secondary N) is 2. The quantitative estimate of drug-likeness (QED) is 0.524. The van der Waals surface area contributed by atoms with Crippen LogP contribution in [-0.2, 0) is 17.6 Å². The third-order valence-corrected chi connectivity index (χ3v) is 6.64. The average Bonchev–Trinajstić information content (AvgIpc) is 2.71. The van der Waals surface area contributed by atoms with Crippen LogP contribution in [0.25, 0.3) is 0 Å².